The number of benzene rings is 1. The fraction of sp³-hybridized carbons (Fsp3) is 0.417. The topological polar surface area (TPSA) is 59.1 Å². The highest BCUT2D eigenvalue weighted by Gasteiger charge is 2.27. The van der Waals surface area contributed by atoms with Gasteiger partial charge < -0.3 is 10.8 Å². The number of para-hydroxylation sites is 1. The number of rotatable bonds is 3. The fourth-order valence-electron chi connectivity index (χ4n) is 1.89. The zero-order valence-corrected chi connectivity index (χ0v) is 9.70. The highest BCUT2D eigenvalue weighted by molar-refractivity contribution is 7.18. The van der Waals surface area contributed by atoms with Crippen LogP contribution in [-0.2, 0) is 0 Å². The summed E-state index contributed by atoms with van der Waals surface area (Å²) in [5.74, 6) is 0.676. The molecular weight excluding hydrogens is 220 g/mol. The molecule has 1 unspecified atom stereocenters. The maximum Gasteiger partial charge on any atom is 0.0969 e. The molecule has 3 N–H and O–H groups in total. The van der Waals surface area contributed by atoms with Crippen molar-refractivity contribution >= 4 is 21.6 Å². The highest BCUT2D eigenvalue weighted by atomic mass is 32.1. The summed E-state index contributed by atoms with van der Waals surface area (Å²) >= 11 is 1.76. The summed E-state index contributed by atoms with van der Waals surface area (Å²) in [7, 11) is 0. The van der Waals surface area contributed by atoms with Crippen molar-refractivity contribution in [2.45, 2.75) is 24.8 Å². The van der Waals surface area contributed by atoms with Crippen molar-refractivity contribution in [1.82, 2.24) is 4.98 Å². The van der Waals surface area contributed by atoms with Crippen molar-refractivity contribution in [3.63, 3.8) is 0 Å². The van der Waals surface area contributed by atoms with E-state index in [0.717, 1.165) is 11.1 Å². The third kappa shape index (κ3) is 1.63. The first-order valence-corrected chi connectivity index (χ1v) is 6.37. The van der Waals surface area contributed by atoms with Crippen molar-refractivity contribution in [2.24, 2.45) is 5.73 Å². The van der Waals surface area contributed by atoms with E-state index in [1.165, 1.54) is 22.5 Å². The molecule has 1 atom stereocenters. The van der Waals surface area contributed by atoms with Gasteiger partial charge in [0.05, 0.1) is 27.9 Å². The van der Waals surface area contributed by atoms with Gasteiger partial charge in [-0.3, -0.25) is 0 Å². The number of aliphatic hydroxyl groups excluding tert-OH is 1. The highest BCUT2D eigenvalue weighted by Crippen LogP contribution is 2.43. The second-order valence-electron chi connectivity index (χ2n) is 4.31. The molecule has 0 bridgehead atoms. The van der Waals surface area contributed by atoms with Gasteiger partial charge in [-0.05, 0) is 24.5 Å². The van der Waals surface area contributed by atoms with Crippen molar-refractivity contribution < 1.29 is 5.11 Å². The number of nitrogens with two attached hydrogens (primary N) is 1. The molecule has 0 amide bonds. The van der Waals surface area contributed by atoms with Crippen LogP contribution in [0.2, 0.25) is 0 Å². The molecule has 0 saturated heterocycles. The monoisotopic (exact) mass is 234 g/mol. The lowest BCUT2D eigenvalue weighted by Gasteiger charge is -2.08. The van der Waals surface area contributed by atoms with Gasteiger partial charge in [0, 0.05) is 5.92 Å². The fourth-order valence-corrected chi connectivity index (χ4v) is 3.06. The first-order valence-electron chi connectivity index (χ1n) is 5.55. The Morgan fingerprint density at radius 1 is 1.50 bits per heavy atom. The molecule has 1 aromatic heterocycles. The van der Waals surface area contributed by atoms with Crippen molar-refractivity contribution in [3.8, 4) is 0 Å². The smallest absolute Gasteiger partial charge is 0.0969 e. The van der Waals surface area contributed by atoms with Crippen LogP contribution in [0.4, 0.5) is 0 Å². The predicted molar refractivity (Wildman–Crippen MR) is 65.6 cm³/mol. The molecule has 84 valence electrons. The van der Waals surface area contributed by atoms with Crippen LogP contribution in [0.5, 0.6) is 0 Å². The Labute approximate surface area is 97.9 Å². The first kappa shape index (κ1) is 10.2. The van der Waals surface area contributed by atoms with E-state index in [1.54, 1.807) is 11.3 Å². The number of hydrogen-bond donors (Lipinski definition) is 2. The molecule has 1 aromatic carbocycles. The Morgan fingerprint density at radius 2 is 2.31 bits per heavy atom. The molecule has 1 aliphatic carbocycles. The number of fused-ring (bicyclic) bond motifs is 1. The van der Waals surface area contributed by atoms with Gasteiger partial charge in [-0.1, -0.05) is 12.1 Å². The van der Waals surface area contributed by atoms with Crippen LogP contribution in [0.15, 0.2) is 18.2 Å². The summed E-state index contributed by atoms with van der Waals surface area (Å²) in [4.78, 5) is 4.67. The third-order valence-corrected chi connectivity index (χ3v) is 4.17. The molecule has 2 aromatic rings. The minimum absolute atomic E-state index is 0.0323. The maximum absolute atomic E-state index is 9.13. The normalized spacial score (nSPS) is 17.9. The second-order valence-corrected chi connectivity index (χ2v) is 5.37. The molecule has 1 aliphatic rings. The molecule has 3 rings (SSSR count). The van der Waals surface area contributed by atoms with E-state index in [9.17, 15) is 0 Å². The zero-order valence-electron chi connectivity index (χ0n) is 8.89. The van der Waals surface area contributed by atoms with E-state index in [1.807, 2.05) is 12.1 Å². The number of thiazole rings is 1. The molecule has 0 radical (unpaired) electrons. The Bertz CT molecular complexity index is 519. The largest absolute Gasteiger partial charge is 0.394 e. The summed E-state index contributed by atoms with van der Waals surface area (Å²) in [5.41, 5.74) is 7.82. The molecular formula is C12H14N2OS. The first-order chi connectivity index (χ1) is 7.79. The molecule has 1 heterocycles. The van der Waals surface area contributed by atoms with Gasteiger partial charge in [-0.25, -0.2) is 4.98 Å². The average Bonchev–Trinajstić information content (AvgIpc) is 3.07. The Kier molecular flexibility index (Phi) is 2.42. The molecule has 4 heteroatoms. The molecule has 0 aliphatic heterocycles. The van der Waals surface area contributed by atoms with E-state index in [2.05, 4.69) is 11.1 Å². The predicted octanol–water partition coefficient (Wildman–Crippen LogP) is 2.17. The number of aromatic nitrogens is 1. The Hall–Kier alpha value is -0.970. The molecule has 1 fully saturated rings. The number of hydrogen-bond acceptors (Lipinski definition) is 4. The van der Waals surface area contributed by atoms with Crippen LogP contribution < -0.4 is 5.73 Å². The van der Waals surface area contributed by atoms with Crippen LogP contribution in [0.25, 0.3) is 10.2 Å². The van der Waals surface area contributed by atoms with Crippen LogP contribution in [-0.4, -0.2) is 16.7 Å². The average molecular weight is 234 g/mol. The lowest BCUT2D eigenvalue weighted by molar-refractivity contribution is 0.268. The summed E-state index contributed by atoms with van der Waals surface area (Å²) in [5, 5.41) is 10.4. The zero-order chi connectivity index (χ0) is 11.1. The number of aliphatic hydroxyl groups is 1. The Balaban J connectivity index is 2.13. The van der Waals surface area contributed by atoms with E-state index in [4.69, 9.17) is 10.8 Å². The van der Waals surface area contributed by atoms with Crippen LogP contribution in [0.1, 0.15) is 35.4 Å². The van der Waals surface area contributed by atoms with E-state index in [-0.39, 0.29) is 12.6 Å². The van der Waals surface area contributed by atoms with Crippen molar-refractivity contribution in [1.29, 1.82) is 0 Å². The Morgan fingerprint density at radius 3 is 3.00 bits per heavy atom. The van der Waals surface area contributed by atoms with Gasteiger partial charge in [0.15, 0.2) is 0 Å². The maximum atomic E-state index is 9.13. The van der Waals surface area contributed by atoms with E-state index in [0.29, 0.717) is 5.92 Å². The molecule has 16 heavy (non-hydrogen) atoms. The van der Waals surface area contributed by atoms with Gasteiger partial charge in [0.25, 0.3) is 0 Å². The quantitative estimate of drug-likeness (QED) is 0.855. The van der Waals surface area contributed by atoms with Crippen LogP contribution in [0.3, 0.4) is 0 Å². The molecule has 1 saturated carbocycles. The van der Waals surface area contributed by atoms with Gasteiger partial charge in [0.2, 0.25) is 0 Å². The lowest BCUT2D eigenvalue weighted by atomic mass is 10.1. The molecule has 0 spiro atoms. The SMILES string of the molecule is NC(CO)c1cccc2sc(C3CC3)nc12. The van der Waals surface area contributed by atoms with Gasteiger partial charge in [-0.15, -0.1) is 11.3 Å². The standard InChI is InChI=1S/C12H14N2OS/c13-9(6-15)8-2-1-3-10-11(8)14-12(16-10)7-4-5-7/h1-3,7,9,15H,4-6,13H2. The van der Waals surface area contributed by atoms with E-state index >= 15 is 0 Å². The molecule has 3 nitrogen and oxygen atoms in total. The number of nitrogens with zero attached hydrogens (tertiary/aromatic N) is 1. The van der Waals surface area contributed by atoms with Crippen molar-refractivity contribution in [3.05, 3.63) is 28.8 Å². The minimum atomic E-state index is -0.321. The van der Waals surface area contributed by atoms with Gasteiger partial charge in [-0.2, -0.15) is 0 Å². The summed E-state index contributed by atoms with van der Waals surface area (Å²) in [6, 6.07) is 5.70. The summed E-state index contributed by atoms with van der Waals surface area (Å²) in [6.07, 6.45) is 2.53. The van der Waals surface area contributed by atoms with Crippen LogP contribution >= 0.6 is 11.3 Å². The lowest BCUT2D eigenvalue weighted by Crippen LogP contribution is -2.14. The second kappa shape index (κ2) is 3.80. The van der Waals surface area contributed by atoms with Gasteiger partial charge in [0.1, 0.15) is 0 Å². The van der Waals surface area contributed by atoms with Crippen LogP contribution in [0, 0.1) is 0 Å². The van der Waals surface area contributed by atoms with Crippen molar-refractivity contribution in [2.75, 3.05) is 6.61 Å². The summed E-state index contributed by atoms with van der Waals surface area (Å²) in [6.45, 7) is -0.0323. The minimum Gasteiger partial charge on any atom is -0.394 e. The van der Waals surface area contributed by atoms with Gasteiger partial charge >= 0.3 is 0 Å². The summed E-state index contributed by atoms with van der Waals surface area (Å²) < 4.78 is 1.18. The van der Waals surface area contributed by atoms with E-state index < -0.39 is 0 Å². The third-order valence-electron chi connectivity index (χ3n) is 2.99.